The number of methoxy groups -OCH3 is 1. The number of phenols is 1. The fourth-order valence-corrected chi connectivity index (χ4v) is 1.41. The van der Waals surface area contributed by atoms with Gasteiger partial charge in [0.25, 0.3) is 0 Å². The number of ether oxygens (including phenoxy) is 1. The van der Waals surface area contributed by atoms with Crippen LogP contribution in [0.1, 0.15) is 0 Å². The lowest BCUT2D eigenvalue weighted by molar-refractivity contribution is 0.378. The Bertz CT molecular complexity index is 448. The Morgan fingerprint density at radius 2 is 2.23 bits per heavy atom. The molecule has 0 unspecified atom stereocenters. The van der Waals surface area contributed by atoms with Crippen LogP contribution in [-0.4, -0.2) is 17.2 Å². The van der Waals surface area contributed by atoms with Gasteiger partial charge in [0.05, 0.1) is 23.7 Å². The highest BCUT2D eigenvalue weighted by Gasteiger charge is 2.10. The highest BCUT2D eigenvalue weighted by atomic mass is 16.5. The number of H-pyrrole nitrogens is 1. The molecule has 0 saturated heterocycles. The summed E-state index contributed by atoms with van der Waals surface area (Å²) in [4.78, 5) is 2.97. The molecule has 0 atom stereocenters. The first kappa shape index (κ1) is 7.79. The van der Waals surface area contributed by atoms with E-state index in [0.717, 1.165) is 10.9 Å². The van der Waals surface area contributed by atoms with Crippen LogP contribution in [0.5, 0.6) is 11.5 Å². The maximum absolute atomic E-state index is 9.46. The molecule has 0 aliphatic carbocycles. The first-order chi connectivity index (χ1) is 6.24. The van der Waals surface area contributed by atoms with Gasteiger partial charge in [0, 0.05) is 6.20 Å². The molecule has 0 fully saturated rings. The molecule has 4 nitrogen and oxygen atoms in total. The van der Waals surface area contributed by atoms with Crippen molar-refractivity contribution in [1.82, 2.24) is 4.98 Å². The van der Waals surface area contributed by atoms with Gasteiger partial charge in [-0.2, -0.15) is 0 Å². The Morgan fingerprint density at radius 1 is 1.46 bits per heavy atom. The Hall–Kier alpha value is -1.84. The molecule has 0 saturated carbocycles. The molecule has 0 radical (unpaired) electrons. The zero-order valence-corrected chi connectivity index (χ0v) is 7.16. The lowest BCUT2D eigenvalue weighted by Crippen LogP contribution is -1.87. The van der Waals surface area contributed by atoms with E-state index in [0.29, 0.717) is 11.4 Å². The second-order valence-corrected chi connectivity index (χ2v) is 2.78. The van der Waals surface area contributed by atoms with E-state index in [9.17, 15) is 5.11 Å². The molecule has 68 valence electrons. The van der Waals surface area contributed by atoms with E-state index in [4.69, 9.17) is 10.5 Å². The Kier molecular flexibility index (Phi) is 1.55. The van der Waals surface area contributed by atoms with E-state index in [2.05, 4.69) is 4.98 Å². The number of nitrogen functional groups attached to an aromatic ring is 1. The number of nitrogens with two attached hydrogens (primary N) is 1. The van der Waals surface area contributed by atoms with Crippen molar-refractivity contribution in [2.24, 2.45) is 0 Å². The van der Waals surface area contributed by atoms with E-state index in [1.165, 1.54) is 7.11 Å². The molecular formula is C9H10N2O2. The van der Waals surface area contributed by atoms with Crippen LogP contribution in [-0.2, 0) is 0 Å². The van der Waals surface area contributed by atoms with Crippen LogP contribution in [0, 0.1) is 0 Å². The molecule has 4 N–H and O–H groups in total. The fourth-order valence-electron chi connectivity index (χ4n) is 1.41. The zero-order chi connectivity index (χ0) is 9.42. The standard InChI is InChI=1S/C9H10N2O2/c1-13-9-7(12)3-2-6-8(9)5(10)4-11-6/h2-4,11-12H,10H2,1H3. The molecule has 2 aromatic rings. The summed E-state index contributed by atoms with van der Waals surface area (Å²) < 4.78 is 5.05. The predicted molar refractivity (Wildman–Crippen MR) is 50.9 cm³/mol. The number of aromatic amines is 1. The number of phenolic OH excluding ortho intramolecular Hbond substituents is 1. The summed E-state index contributed by atoms with van der Waals surface area (Å²) in [6, 6.07) is 3.32. The van der Waals surface area contributed by atoms with Gasteiger partial charge in [0.1, 0.15) is 0 Å². The summed E-state index contributed by atoms with van der Waals surface area (Å²) in [6.45, 7) is 0. The molecule has 2 rings (SSSR count). The Labute approximate surface area is 74.9 Å². The van der Waals surface area contributed by atoms with Crippen LogP contribution in [0.15, 0.2) is 18.3 Å². The molecule has 0 bridgehead atoms. The number of hydrogen-bond acceptors (Lipinski definition) is 3. The van der Waals surface area contributed by atoms with Crippen molar-refractivity contribution >= 4 is 16.6 Å². The van der Waals surface area contributed by atoms with Crippen LogP contribution in [0.25, 0.3) is 10.9 Å². The van der Waals surface area contributed by atoms with E-state index < -0.39 is 0 Å². The molecule has 4 heteroatoms. The van der Waals surface area contributed by atoms with Gasteiger partial charge in [-0.3, -0.25) is 0 Å². The second kappa shape index (κ2) is 2.58. The molecule has 1 aromatic heterocycles. The van der Waals surface area contributed by atoms with Gasteiger partial charge in [0.2, 0.25) is 0 Å². The van der Waals surface area contributed by atoms with E-state index in [1.807, 2.05) is 0 Å². The van der Waals surface area contributed by atoms with Crippen LogP contribution < -0.4 is 10.5 Å². The van der Waals surface area contributed by atoms with Gasteiger partial charge < -0.3 is 20.6 Å². The monoisotopic (exact) mass is 178 g/mol. The van der Waals surface area contributed by atoms with Crippen molar-refractivity contribution in [2.45, 2.75) is 0 Å². The maximum Gasteiger partial charge on any atom is 0.171 e. The third-order valence-electron chi connectivity index (χ3n) is 2.01. The molecular weight excluding hydrogens is 168 g/mol. The van der Waals surface area contributed by atoms with Crippen molar-refractivity contribution in [3.05, 3.63) is 18.3 Å². The van der Waals surface area contributed by atoms with Crippen LogP contribution in [0.2, 0.25) is 0 Å². The maximum atomic E-state index is 9.46. The highest BCUT2D eigenvalue weighted by Crippen LogP contribution is 2.37. The number of anilines is 1. The Morgan fingerprint density at radius 3 is 2.92 bits per heavy atom. The lowest BCUT2D eigenvalue weighted by Gasteiger charge is -2.04. The van der Waals surface area contributed by atoms with E-state index >= 15 is 0 Å². The topological polar surface area (TPSA) is 71.3 Å². The largest absolute Gasteiger partial charge is 0.504 e. The third kappa shape index (κ3) is 0.989. The molecule has 13 heavy (non-hydrogen) atoms. The number of nitrogens with one attached hydrogen (secondary N) is 1. The van der Waals surface area contributed by atoms with Crippen molar-refractivity contribution in [3.63, 3.8) is 0 Å². The van der Waals surface area contributed by atoms with Crippen molar-refractivity contribution in [2.75, 3.05) is 12.8 Å². The smallest absolute Gasteiger partial charge is 0.171 e. The summed E-state index contributed by atoms with van der Waals surface area (Å²) >= 11 is 0. The van der Waals surface area contributed by atoms with Gasteiger partial charge in [-0.25, -0.2) is 0 Å². The average molecular weight is 178 g/mol. The number of fused-ring (bicyclic) bond motifs is 1. The molecule has 0 amide bonds. The van der Waals surface area contributed by atoms with Gasteiger partial charge in [-0.15, -0.1) is 0 Å². The van der Waals surface area contributed by atoms with Crippen molar-refractivity contribution in [1.29, 1.82) is 0 Å². The number of hydrogen-bond donors (Lipinski definition) is 3. The number of aromatic nitrogens is 1. The lowest BCUT2D eigenvalue weighted by atomic mass is 10.2. The predicted octanol–water partition coefficient (Wildman–Crippen LogP) is 1.46. The first-order valence-corrected chi connectivity index (χ1v) is 3.86. The fraction of sp³-hybridized carbons (Fsp3) is 0.111. The quantitative estimate of drug-likeness (QED) is 0.619. The van der Waals surface area contributed by atoms with Crippen LogP contribution in [0.4, 0.5) is 5.69 Å². The number of benzene rings is 1. The summed E-state index contributed by atoms with van der Waals surface area (Å²) in [5.41, 5.74) is 7.12. The normalized spacial score (nSPS) is 10.5. The molecule has 0 aliphatic heterocycles. The summed E-state index contributed by atoms with van der Waals surface area (Å²) in [6.07, 6.45) is 1.67. The molecule has 1 heterocycles. The zero-order valence-electron chi connectivity index (χ0n) is 7.16. The minimum Gasteiger partial charge on any atom is -0.504 e. The number of aromatic hydroxyl groups is 1. The average Bonchev–Trinajstić information content (AvgIpc) is 2.49. The second-order valence-electron chi connectivity index (χ2n) is 2.78. The first-order valence-electron chi connectivity index (χ1n) is 3.86. The van der Waals surface area contributed by atoms with E-state index in [1.54, 1.807) is 18.3 Å². The summed E-state index contributed by atoms with van der Waals surface area (Å²) in [7, 11) is 1.50. The van der Waals surface area contributed by atoms with Gasteiger partial charge in [-0.1, -0.05) is 0 Å². The van der Waals surface area contributed by atoms with Gasteiger partial charge in [-0.05, 0) is 12.1 Å². The van der Waals surface area contributed by atoms with Crippen molar-refractivity contribution in [3.8, 4) is 11.5 Å². The van der Waals surface area contributed by atoms with E-state index in [-0.39, 0.29) is 5.75 Å². The molecule has 0 spiro atoms. The van der Waals surface area contributed by atoms with Gasteiger partial charge in [0.15, 0.2) is 11.5 Å². The number of rotatable bonds is 1. The van der Waals surface area contributed by atoms with Gasteiger partial charge >= 0.3 is 0 Å². The minimum atomic E-state index is 0.0984. The van der Waals surface area contributed by atoms with Crippen molar-refractivity contribution < 1.29 is 9.84 Å². The summed E-state index contributed by atoms with van der Waals surface area (Å²) in [5.74, 6) is 0.512. The minimum absolute atomic E-state index is 0.0984. The van der Waals surface area contributed by atoms with Crippen LogP contribution in [0.3, 0.4) is 0 Å². The molecule has 0 aliphatic rings. The summed E-state index contributed by atoms with van der Waals surface area (Å²) in [5, 5.41) is 10.2. The highest BCUT2D eigenvalue weighted by molar-refractivity contribution is 5.98. The molecule has 1 aromatic carbocycles. The SMILES string of the molecule is COc1c(O)ccc2[nH]cc(N)c12. The third-order valence-corrected chi connectivity index (χ3v) is 2.01. The Balaban J connectivity index is 2.88. The van der Waals surface area contributed by atoms with Crippen LogP contribution >= 0.6 is 0 Å².